The number of pyridine rings is 1. The number of nitrogens with two attached hydrogens (primary N) is 1. The lowest BCUT2D eigenvalue weighted by Crippen LogP contribution is -1.97. The van der Waals surface area contributed by atoms with Gasteiger partial charge in [0.25, 0.3) is 0 Å². The van der Waals surface area contributed by atoms with Crippen LogP contribution in [-0.4, -0.2) is 4.98 Å². The van der Waals surface area contributed by atoms with Crippen molar-refractivity contribution in [3.8, 4) is 0 Å². The lowest BCUT2D eigenvalue weighted by molar-refractivity contribution is 0.867. The Labute approximate surface area is 108 Å². The number of nitrogens with one attached hydrogen (secondary N) is 1. The van der Waals surface area contributed by atoms with Gasteiger partial charge in [0.05, 0.1) is 11.9 Å². The maximum Gasteiger partial charge on any atom is 0.130 e. The molecule has 18 heavy (non-hydrogen) atoms. The molecule has 0 aliphatic heterocycles. The van der Waals surface area contributed by atoms with Gasteiger partial charge >= 0.3 is 0 Å². The van der Waals surface area contributed by atoms with Gasteiger partial charge in [-0.25, -0.2) is 4.98 Å². The second-order valence-corrected chi connectivity index (χ2v) is 4.83. The zero-order valence-corrected chi connectivity index (χ0v) is 11.1. The van der Waals surface area contributed by atoms with Crippen molar-refractivity contribution in [3.05, 3.63) is 47.7 Å². The Balaban J connectivity index is 2.15. The van der Waals surface area contributed by atoms with Crippen LogP contribution in [0.4, 0.5) is 17.2 Å². The van der Waals surface area contributed by atoms with Crippen molar-refractivity contribution in [2.24, 2.45) is 0 Å². The Bertz CT molecular complexity index is 530. The van der Waals surface area contributed by atoms with Crippen molar-refractivity contribution in [2.75, 3.05) is 11.1 Å². The van der Waals surface area contributed by atoms with Crippen molar-refractivity contribution < 1.29 is 0 Å². The van der Waals surface area contributed by atoms with E-state index in [1.807, 2.05) is 13.0 Å². The van der Waals surface area contributed by atoms with Crippen LogP contribution in [0.2, 0.25) is 0 Å². The number of nitrogen functional groups attached to an aromatic ring is 1. The van der Waals surface area contributed by atoms with Crippen LogP contribution < -0.4 is 11.1 Å². The molecule has 0 unspecified atom stereocenters. The molecule has 0 aliphatic carbocycles. The van der Waals surface area contributed by atoms with Crippen LogP contribution in [0.1, 0.15) is 30.9 Å². The average Bonchev–Trinajstić information content (AvgIpc) is 2.34. The molecule has 0 bridgehead atoms. The van der Waals surface area contributed by atoms with E-state index in [1.165, 1.54) is 5.56 Å². The molecule has 1 aromatic carbocycles. The molecular formula is C15H19N3. The molecule has 0 amide bonds. The van der Waals surface area contributed by atoms with Crippen LogP contribution >= 0.6 is 0 Å². The van der Waals surface area contributed by atoms with Crippen LogP contribution in [0.15, 0.2) is 36.5 Å². The maximum atomic E-state index is 5.74. The second kappa shape index (κ2) is 5.08. The molecule has 0 fully saturated rings. The summed E-state index contributed by atoms with van der Waals surface area (Å²) in [5.74, 6) is 1.37. The highest BCUT2D eigenvalue weighted by atomic mass is 15.0. The number of nitrogens with zero attached hydrogens (tertiary/aromatic N) is 1. The Kier molecular flexibility index (Phi) is 3.51. The summed E-state index contributed by atoms with van der Waals surface area (Å²) in [5.41, 5.74) is 9.87. The highest BCUT2D eigenvalue weighted by Gasteiger charge is 2.01. The van der Waals surface area contributed by atoms with E-state index in [4.69, 9.17) is 5.73 Å². The molecule has 3 heteroatoms. The predicted octanol–water partition coefficient (Wildman–Crippen LogP) is 3.84. The fourth-order valence-electron chi connectivity index (χ4n) is 1.73. The van der Waals surface area contributed by atoms with Crippen molar-refractivity contribution in [2.45, 2.75) is 26.7 Å². The first kappa shape index (κ1) is 12.4. The fraction of sp³-hybridized carbons (Fsp3) is 0.267. The van der Waals surface area contributed by atoms with Gasteiger partial charge in [-0.3, -0.25) is 0 Å². The Morgan fingerprint density at radius 3 is 2.39 bits per heavy atom. The molecule has 3 N–H and O–H groups in total. The van der Waals surface area contributed by atoms with E-state index < -0.39 is 0 Å². The molecule has 0 saturated heterocycles. The Hall–Kier alpha value is -2.03. The minimum absolute atomic E-state index is 0.552. The normalized spacial score (nSPS) is 10.7. The quantitative estimate of drug-likeness (QED) is 0.858. The van der Waals surface area contributed by atoms with Gasteiger partial charge in [-0.15, -0.1) is 0 Å². The van der Waals surface area contributed by atoms with E-state index in [-0.39, 0.29) is 0 Å². The maximum absolute atomic E-state index is 5.74. The zero-order chi connectivity index (χ0) is 13.1. The fourth-order valence-corrected chi connectivity index (χ4v) is 1.73. The van der Waals surface area contributed by atoms with Gasteiger partial charge < -0.3 is 11.1 Å². The smallest absolute Gasteiger partial charge is 0.130 e. The van der Waals surface area contributed by atoms with Gasteiger partial charge in [0.2, 0.25) is 0 Å². The molecular weight excluding hydrogens is 222 g/mol. The first-order valence-corrected chi connectivity index (χ1v) is 6.15. The summed E-state index contributed by atoms with van der Waals surface area (Å²) >= 11 is 0. The number of aryl methyl sites for hydroxylation is 1. The van der Waals surface area contributed by atoms with E-state index in [1.54, 1.807) is 6.20 Å². The summed E-state index contributed by atoms with van der Waals surface area (Å²) < 4.78 is 0. The summed E-state index contributed by atoms with van der Waals surface area (Å²) in [6, 6.07) is 10.4. The van der Waals surface area contributed by atoms with Gasteiger partial charge in [-0.1, -0.05) is 26.0 Å². The highest BCUT2D eigenvalue weighted by Crippen LogP contribution is 2.21. The van der Waals surface area contributed by atoms with Crippen LogP contribution in [0.25, 0.3) is 0 Å². The van der Waals surface area contributed by atoms with Crippen LogP contribution in [-0.2, 0) is 0 Å². The lowest BCUT2D eigenvalue weighted by atomic mass is 10.0. The van der Waals surface area contributed by atoms with Crippen molar-refractivity contribution in [1.82, 2.24) is 4.98 Å². The summed E-state index contributed by atoms with van der Waals surface area (Å²) in [6.45, 7) is 6.35. The average molecular weight is 241 g/mol. The standard InChI is InChI=1S/C15H19N3/c1-10(2)12-4-6-13(7-5-12)18-15-8-11(3)14(16)9-17-15/h4-10H,16H2,1-3H3,(H,17,18). The first-order valence-electron chi connectivity index (χ1n) is 6.15. The monoisotopic (exact) mass is 241 g/mol. The lowest BCUT2D eigenvalue weighted by Gasteiger charge is -2.09. The van der Waals surface area contributed by atoms with E-state index >= 15 is 0 Å². The molecule has 2 aromatic rings. The SMILES string of the molecule is Cc1cc(Nc2ccc(C(C)C)cc2)ncc1N. The molecule has 0 spiro atoms. The van der Waals surface area contributed by atoms with Crippen molar-refractivity contribution >= 4 is 17.2 Å². The molecule has 3 nitrogen and oxygen atoms in total. The van der Waals surface area contributed by atoms with Crippen LogP contribution in [0.3, 0.4) is 0 Å². The van der Waals surface area contributed by atoms with E-state index in [0.29, 0.717) is 5.92 Å². The number of hydrogen-bond acceptors (Lipinski definition) is 3. The molecule has 1 heterocycles. The van der Waals surface area contributed by atoms with Gasteiger partial charge in [-0.2, -0.15) is 0 Å². The summed E-state index contributed by atoms with van der Waals surface area (Å²) in [5, 5.41) is 3.27. The third-order valence-corrected chi connectivity index (χ3v) is 3.00. The third kappa shape index (κ3) is 2.80. The van der Waals surface area contributed by atoms with Crippen LogP contribution in [0.5, 0.6) is 0 Å². The molecule has 0 atom stereocenters. The number of anilines is 3. The molecule has 94 valence electrons. The number of hydrogen-bond donors (Lipinski definition) is 2. The first-order chi connectivity index (χ1) is 8.56. The number of rotatable bonds is 3. The Morgan fingerprint density at radius 1 is 1.17 bits per heavy atom. The second-order valence-electron chi connectivity index (χ2n) is 4.83. The van der Waals surface area contributed by atoms with Crippen molar-refractivity contribution in [1.29, 1.82) is 0 Å². The largest absolute Gasteiger partial charge is 0.397 e. The van der Waals surface area contributed by atoms with Gasteiger partial charge in [0.15, 0.2) is 0 Å². The third-order valence-electron chi connectivity index (χ3n) is 3.00. The molecule has 0 saturated carbocycles. The van der Waals surface area contributed by atoms with Crippen molar-refractivity contribution in [3.63, 3.8) is 0 Å². The summed E-state index contributed by atoms with van der Waals surface area (Å²) in [7, 11) is 0. The molecule has 0 radical (unpaired) electrons. The highest BCUT2D eigenvalue weighted by molar-refractivity contribution is 5.60. The minimum Gasteiger partial charge on any atom is -0.397 e. The van der Waals surface area contributed by atoms with Gasteiger partial charge in [-0.05, 0) is 42.2 Å². The summed E-state index contributed by atoms with van der Waals surface area (Å²) in [4.78, 5) is 4.26. The van der Waals surface area contributed by atoms with E-state index in [0.717, 1.165) is 22.8 Å². The topological polar surface area (TPSA) is 50.9 Å². The summed E-state index contributed by atoms with van der Waals surface area (Å²) in [6.07, 6.45) is 1.68. The number of aromatic nitrogens is 1. The van der Waals surface area contributed by atoms with Crippen LogP contribution in [0, 0.1) is 6.92 Å². The Morgan fingerprint density at radius 2 is 1.83 bits per heavy atom. The molecule has 1 aromatic heterocycles. The molecule has 2 rings (SSSR count). The predicted molar refractivity (Wildman–Crippen MR) is 77.2 cm³/mol. The minimum atomic E-state index is 0.552. The van der Waals surface area contributed by atoms with E-state index in [2.05, 4.69) is 48.4 Å². The zero-order valence-electron chi connectivity index (χ0n) is 11.1. The van der Waals surface area contributed by atoms with Gasteiger partial charge in [0, 0.05) is 5.69 Å². The molecule has 0 aliphatic rings. The van der Waals surface area contributed by atoms with E-state index in [9.17, 15) is 0 Å². The number of benzene rings is 1. The van der Waals surface area contributed by atoms with Gasteiger partial charge in [0.1, 0.15) is 5.82 Å².